The predicted octanol–water partition coefficient (Wildman–Crippen LogP) is 3.19. The monoisotopic (exact) mass is 535 g/mol. The quantitative estimate of drug-likeness (QED) is 0.439. The van der Waals surface area contributed by atoms with Crippen LogP contribution < -0.4 is 20.3 Å². The normalized spacial score (nSPS) is 12.0. The Morgan fingerprint density at radius 1 is 1.25 bits per heavy atom. The first-order valence-corrected chi connectivity index (χ1v) is 10.1. The number of nitrogens with one attached hydrogen (secondary N) is 2. The molecule has 0 saturated heterocycles. The zero-order chi connectivity index (χ0) is 21.3. The highest BCUT2D eigenvalue weighted by molar-refractivity contribution is 14.1. The van der Waals surface area contributed by atoms with Gasteiger partial charge in [0, 0.05) is 16.7 Å². The van der Waals surface area contributed by atoms with Gasteiger partial charge in [-0.2, -0.15) is 13.2 Å². The molecule has 154 valence electrons. The van der Waals surface area contributed by atoms with Gasteiger partial charge < -0.3 is 10.1 Å². The maximum absolute atomic E-state index is 14.2. The largest absolute Gasteiger partial charge is 0.494 e. The molecule has 0 aliphatic heterocycles. The summed E-state index contributed by atoms with van der Waals surface area (Å²) in [6.07, 6.45) is -4.99. The van der Waals surface area contributed by atoms with E-state index in [1.54, 1.807) is 4.72 Å². The number of pyridine rings is 1. The number of hydrogen-bond donors (Lipinski definition) is 2. The molecule has 28 heavy (non-hydrogen) atoms. The van der Waals surface area contributed by atoms with Crippen molar-refractivity contribution >= 4 is 49.8 Å². The Morgan fingerprint density at radius 2 is 1.89 bits per heavy atom. The van der Waals surface area contributed by atoms with Crippen LogP contribution in [-0.4, -0.2) is 32.0 Å². The minimum Gasteiger partial charge on any atom is -0.494 e. The molecule has 0 atom stereocenters. The number of methoxy groups -OCH3 is 1. The SMILES string of the molecule is COc1cc(=O)n(C)c(Nc2ccc(I)cc2F)c1NS(=O)(=O)CC(F)(F)F. The minimum absolute atomic E-state index is 0.125. The van der Waals surface area contributed by atoms with Gasteiger partial charge in [0.2, 0.25) is 10.0 Å². The van der Waals surface area contributed by atoms with Crippen molar-refractivity contribution < 1.29 is 30.7 Å². The van der Waals surface area contributed by atoms with Crippen LogP contribution in [0.25, 0.3) is 0 Å². The van der Waals surface area contributed by atoms with Gasteiger partial charge in [0.15, 0.2) is 11.5 Å². The minimum atomic E-state index is -4.99. The van der Waals surface area contributed by atoms with E-state index < -0.39 is 39.0 Å². The highest BCUT2D eigenvalue weighted by atomic mass is 127. The van der Waals surface area contributed by atoms with Crippen LogP contribution in [0, 0.1) is 9.39 Å². The summed E-state index contributed by atoms with van der Waals surface area (Å²) in [5, 5.41) is 2.53. The van der Waals surface area contributed by atoms with E-state index in [9.17, 15) is 30.8 Å². The first-order chi connectivity index (χ1) is 12.8. The predicted molar refractivity (Wildman–Crippen MR) is 104 cm³/mol. The summed E-state index contributed by atoms with van der Waals surface area (Å²) >= 11 is 1.87. The highest BCUT2D eigenvalue weighted by Crippen LogP contribution is 2.35. The Bertz CT molecular complexity index is 1050. The van der Waals surface area contributed by atoms with Gasteiger partial charge in [-0.1, -0.05) is 0 Å². The van der Waals surface area contributed by atoms with Crippen LogP contribution in [0.15, 0.2) is 29.1 Å². The van der Waals surface area contributed by atoms with Gasteiger partial charge in [-0.3, -0.25) is 14.1 Å². The van der Waals surface area contributed by atoms with Crippen molar-refractivity contribution in [3.8, 4) is 5.75 Å². The molecule has 0 bridgehead atoms. The summed E-state index contributed by atoms with van der Waals surface area (Å²) in [4.78, 5) is 12.1. The van der Waals surface area contributed by atoms with Crippen molar-refractivity contribution in [2.24, 2.45) is 7.05 Å². The second kappa shape index (κ2) is 8.14. The molecule has 13 heteroatoms. The van der Waals surface area contributed by atoms with Gasteiger partial charge in [-0.15, -0.1) is 0 Å². The number of benzene rings is 1. The Balaban J connectivity index is 2.60. The number of rotatable bonds is 6. The number of ether oxygens (including phenoxy) is 1. The first kappa shape index (κ1) is 22.3. The third kappa shape index (κ3) is 5.50. The molecule has 2 N–H and O–H groups in total. The average molecular weight is 535 g/mol. The standard InChI is InChI=1S/C15H14F4IN3O4S/c1-23-12(24)6-11(27-2)13(22-28(25,26)7-15(17,18)19)14(23)21-10-4-3-8(20)5-9(10)16/h3-6,21-22H,7H2,1-2H3. The lowest BCUT2D eigenvalue weighted by Gasteiger charge is -2.20. The Hall–Kier alpha value is -2.03. The van der Waals surface area contributed by atoms with E-state index in [1.165, 1.54) is 25.2 Å². The average Bonchev–Trinajstić information content (AvgIpc) is 2.53. The molecule has 0 unspecified atom stereocenters. The van der Waals surface area contributed by atoms with E-state index in [1.807, 2.05) is 22.6 Å². The van der Waals surface area contributed by atoms with E-state index >= 15 is 0 Å². The summed E-state index contributed by atoms with van der Waals surface area (Å²) in [6.45, 7) is 0. The molecule has 0 radical (unpaired) electrons. The number of alkyl halides is 3. The van der Waals surface area contributed by atoms with Crippen LogP contribution in [0.4, 0.5) is 34.8 Å². The maximum atomic E-state index is 14.2. The highest BCUT2D eigenvalue weighted by Gasteiger charge is 2.36. The molecule has 0 amide bonds. The van der Waals surface area contributed by atoms with Crippen LogP contribution in [0.1, 0.15) is 0 Å². The summed E-state index contributed by atoms with van der Waals surface area (Å²) in [7, 11) is -2.56. The number of hydrogen-bond acceptors (Lipinski definition) is 5. The van der Waals surface area contributed by atoms with Crippen LogP contribution in [0.5, 0.6) is 5.75 Å². The molecule has 1 heterocycles. The van der Waals surface area contributed by atoms with Gasteiger partial charge in [0.1, 0.15) is 17.3 Å². The fourth-order valence-corrected chi connectivity index (χ4v) is 3.67. The summed E-state index contributed by atoms with van der Waals surface area (Å²) < 4.78 is 83.8. The second-order valence-electron chi connectivity index (χ2n) is 5.56. The number of aromatic nitrogens is 1. The zero-order valence-corrected chi connectivity index (χ0v) is 17.4. The molecule has 0 aliphatic rings. The Morgan fingerprint density at radius 3 is 2.43 bits per heavy atom. The van der Waals surface area contributed by atoms with E-state index in [0.717, 1.165) is 17.7 Å². The van der Waals surface area contributed by atoms with Crippen molar-refractivity contribution in [2.75, 3.05) is 22.9 Å². The van der Waals surface area contributed by atoms with Crippen molar-refractivity contribution in [1.29, 1.82) is 0 Å². The van der Waals surface area contributed by atoms with Crippen molar-refractivity contribution in [3.05, 3.63) is 44.0 Å². The van der Waals surface area contributed by atoms with E-state index in [0.29, 0.717) is 3.57 Å². The molecule has 2 aromatic rings. The van der Waals surface area contributed by atoms with E-state index in [2.05, 4.69) is 5.32 Å². The molecule has 0 saturated carbocycles. The summed E-state index contributed by atoms with van der Waals surface area (Å²) in [5.41, 5.74) is -1.25. The first-order valence-electron chi connectivity index (χ1n) is 7.40. The molecular formula is C15H14F4IN3O4S. The molecular weight excluding hydrogens is 521 g/mol. The number of sulfonamides is 1. The van der Waals surface area contributed by atoms with Crippen LogP contribution in [0.2, 0.25) is 0 Å². The van der Waals surface area contributed by atoms with Crippen LogP contribution in [-0.2, 0) is 17.1 Å². The van der Waals surface area contributed by atoms with E-state index in [-0.39, 0.29) is 17.3 Å². The lowest BCUT2D eigenvalue weighted by atomic mass is 10.3. The molecule has 0 fully saturated rings. The fraction of sp³-hybridized carbons (Fsp3) is 0.267. The van der Waals surface area contributed by atoms with Crippen molar-refractivity contribution in [3.63, 3.8) is 0 Å². The molecule has 0 aliphatic carbocycles. The molecule has 1 aromatic heterocycles. The molecule has 2 rings (SSSR count). The van der Waals surface area contributed by atoms with Gasteiger partial charge in [0.05, 0.1) is 12.8 Å². The number of nitrogens with zero attached hydrogens (tertiary/aromatic N) is 1. The summed E-state index contributed by atoms with van der Waals surface area (Å²) in [6, 6.07) is 4.93. The van der Waals surface area contributed by atoms with Gasteiger partial charge in [-0.05, 0) is 40.8 Å². The van der Waals surface area contributed by atoms with Crippen LogP contribution >= 0.6 is 22.6 Å². The molecule has 7 nitrogen and oxygen atoms in total. The lowest BCUT2D eigenvalue weighted by molar-refractivity contribution is -0.106. The maximum Gasteiger partial charge on any atom is 0.404 e. The number of anilines is 3. The van der Waals surface area contributed by atoms with Crippen LogP contribution in [0.3, 0.4) is 0 Å². The number of halogens is 5. The zero-order valence-electron chi connectivity index (χ0n) is 14.4. The van der Waals surface area contributed by atoms with Gasteiger partial charge in [0.25, 0.3) is 5.56 Å². The van der Waals surface area contributed by atoms with Gasteiger partial charge in [-0.25, -0.2) is 12.8 Å². The van der Waals surface area contributed by atoms with E-state index in [4.69, 9.17) is 4.74 Å². The third-order valence-corrected chi connectivity index (χ3v) is 5.31. The lowest BCUT2D eigenvalue weighted by Crippen LogP contribution is -2.29. The second-order valence-corrected chi connectivity index (χ2v) is 8.53. The summed E-state index contributed by atoms with van der Waals surface area (Å²) in [5.74, 6) is -3.49. The smallest absolute Gasteiger partial charge is 0.404 e. The topological polar surface area (TPSA) is 89.4 Å². The Labute approximate surface area is 170 Å². The molecule has 0 spiro atoms. The Kier molecular flexibility index (Phi) is 6.48. The van der Waals surface area contributed by atoms with Crippen molar-refractivity contribution in [1.82, 2.24) is 4.57 Å². The van der Waals surface area contributed by atoms with Gasteiger partial charge >= 0.3 is 6.18 Å². The fourth-order valence-electron chi connectivity index (χ4n) is 2.21. The third-order valence-electron chi connectivity index (χ3n) is 3.42. The molecule has 1 aromatic carbocycles. The van der Waals surface area contributed by atoms with Crippen molar-refractivity contribution in [2.45, 2.75) is 6.18 Å².